The Labute approximate surface area is 115 Å². The third-order valence-corrected chi connectivity index (χ3v) is 0. The molecule has 0 bridgehead atoms. The maximum absolute atomic E-state index is 8.47. The van der Waals surface area contributed by atoms with Crippen LogP contribution in [0.15, 0.2) is 0 Å². The second-order valence-corrected chi connectivity index (χ2v) is 0.758. The van der Waals surface area contributed by atoms with E-state index in [0.29, 0.717) is 0 Å². The molecule has 107 valence electrons. The molecule has 0 aromatic carbocycles. The molecular weight excluding hydrogens is 399 g/mol. The summed E-state index contributed by atoms with van der Waals surface area (Å²) in [5.41, 5.74) is 0. The van der Waals surface area contributed by atoms with Crippen LogP contribution in [0.25, 0.3) is 0 Å². The summed E-state index contributed by atoms with van der Waals surface area (Å²) in [6, 6.07) is 0. The first-order valence-corrected chi connectivity index (χ1v) is 1.75. The van der Waals surface area contributed by atoms with E-state index >= 15 is 0 Å². The third-order valence-electron chi connectivity index (χ3n) is 0. The van der Waals surface area contributed by atoms with Crippen LogP contribution >= 0.6 is 0 Å². The van der Waals surface area contributed by atoms with E-state index in [2.05, 4.69) is 0 Å². The van der Waals surface area contributed by atoms with Crippen molar-refractivity contribution in [3.8, 4) is 0 Å². The van der Waals surface area contributed by atoms with Gasteiger partial charge in [0, 0.05) is 37.7 Å². The van der Waals surface area contributed by atoms with Crippen molar-refractivity contribution in [2.75, 3.05) is 0 Å². The maximum Gasteiger partial charge on any atom is 0.472 e. The normalized spacial score (nSPS) is 4.50. The van der Waals surface area contributed by atoms with Gasteiger partial charge in [-0.1, -0.05) is 0 Å². The second-order valence-electron chi connectivity index (χ2n) is 0.758. The predicted molar refractivity (Wildman–Crippen MR) is 32.4 cm³/mol. The molecule has 0 saturated heterocycles. The molecule has 0 heterocycles. The predicted octanol–water partition coefficient (Wildman–Crippen LogP) is -3.84. The summed E-state index contributed by atoms with van der Waals surface area (Å²) in [6.45, 7) is 0. The van der Waals surface area contributed by atoms with E-state index in [9.17, 15) is 0 Å². The fraction of sp³-hybridized carbons (Fsp3) is 0. The molecule has 0 rings (SSSR count). The van der Waals surface area contributed by atoms with Gasteiger partial charge in [-0.05, 0) is 0 Å². The molecule has 15 nitrogen and oxygen atoms in total. The summed E-state index contributed by atoms with van der Waals surface area (Å²) in [5, 5.41) is 37.6. The minimum atomic E-state index is -1.25. The molecular formula is H12HoN3O12+3. The van der Waals surface area contributed by atoms with E-state index in [1.54, 1.807) is 0 Å². The number of nitrogens with zero attached hydrogens (tertiary/aromatic N) is 3. The van der Waals surface area contributed by atoms with Crippen molar-refractivity contribution in [3.05, 3.63) is 14.7 Å². The Hall–Kier alpha value is -1.26. The van der Waals surface area contributed by atoms with Crippen molar-refractivity contribution in [2.45, 2.75) is 0 Å². The van der Waals surface area contributed by atoms with E-state index in [0.717, 1.165) is 0 Å². The zero-order valence-electron chi connectivity index (χ0n) is 7.05. The Kier molecular flexibility index (Phi) is 108. The molecule has 0 aliphatic rings. The van der Waals surface area contributed by atoms with E-state index < -0.39 is 15.3 Å². The van der Waals surface area contributed by atoms with Crippen LogP contribution < -0.4 is 0 Å². The van der Waals surface area contributed by atoms with Gasteiger partial charge in [-0.25, -0.2) is 31.2 Å². The quantitative estimate of drug-likeness (QED) is 0.168. The van der Waals surface area contributed by atoms with E-state index in [4.69, 9.17) is 46.0 Å². The molecule has 0 aliphatic carbocycles. The molecule has 0 amide bonds. The first-order chi connectivity index (χ1) is 5.20. The van der Waals surface area contributed by atoms with Crippen molar-refractivity contribution < 1.29 is 101 Å². The average molecular weight is 411 g/mol. The van der Waals surface area contributed by atoms with Crippen molar-refractivity contribution in [3.63, 3.8) is 0 Å². The minimum Gasteiger partial charge on any atom is -0.412 e. The number of hydrogen-bond acceptors (Lipinski definition) is 3. The standard InChI is InChI=1S/Ho.3H2NO3.3H2O/c;3*2-1(3)4;;;/h;3*(H2,2,3,4);3*1H2/q;3*+1;;;. The van der Waals surface area contributed by atoms with E-state index in [1.165, 1.54) is 0 Å². The van der Waals surface area contributed by atoms with Crippen LogP contribution in [0.3, 0.4) is 0 Å². The Bertz CT molecular complexity index is 114. The Morgan fingerprint density at radius 2 is 0.500 bits per heavy atom. The molecule has 1 radical (unpaired) electrons. The van der Waals surface area contributed by atoms with Gasteiger partial charge in [0.05, 0.1) is 0 Å². The monoisotopic (exact) mass is 411 g/mol. The largest absolute Gasteiger partial charge is 0.472 e. The van der Waals surface area contributed by atoms with Gasteiger partial charge in [-0.15, -0.1) is 0 Å². The van der Waals surface area contributed by atoms with Crippen LogP contribution in [0.2, 0.25) is 0 Å². The Morgan fingerprint density at radius 1 is 0.500 bits per heavy atom. The maximum atomic E-state index is 8.47. The van der Waals surface area contributed by atoms with Crippen LogP contribution in [0.5, 0.6) is 0 Å². The summed E-state index contributed by atoms with van der Waals surface area (Å²) in [6.07, 6.45) is 0. The molecule has 0 aliphatic heterocycles. The Balaban J connectivity index is -0.0000000135. The minimum absolute atomic E-state index is 0. The molecule has 16 heavy (non-hydrogen) atoms. The smallest absolute Gasteiger partial charge is 0.412 e. The van der Waals surface area contributed by atoms with Crippen molar-refractivity contribution >= 4 is 0 Å². The van der Waals surface area contributed by atoms with Gasteiger partial charge in [0.1, 0.15) is 14.7 Å². The van der Waals surface area contributed by atoms with Crippen LogP contribution in [-0.4, -0.2) is 62.9 Å². The van der Waals surface area contributed by atoms with Gasteiger partial charge in [-0.3, -0.25) is 0 Å². The molecule has 0 fully saturated rings. The first kappa shape index (κ1) is 46.5. The van der Waals surface area contributed by atoms with E-state index in [-0.39, 0.29) is 54.2 Å². The van der Waals surface area contributed by atoms with Gasteiger partial charge in [-0.2, -0.15) is 0 Å². The van der Waals surface area contributed by atoms with E-state index in [1.807, 2.05) is 0 Å². The van der Waals surface area contributed by atoms with Crippen molar-refractivity contribution in [1.29, 1.82) is 0 Å². The molecule has 12 N–H and O–H groups in total. The van der Waals surface area contributed by atoms with Crippen LogP contribution in [0, 0.1) is 52.5 Å². The van der Waals surface area contributed by atoms with Gasteiger partial charge >= 0.3 is 15.3 Å². The van der Waals surface area contributed by atoms with Gasteiger partial charge in [0.25, 0.3) is 0 Å². The van der Waals surface area contributed by atoms with Crippen molar-refractivity contribution in [2.24, 2.45) is 0 Å². The summed E-state index contributed by atoms with van der Waals surface area (Å²) < 4.78 is 0. The zero-order chi connectivity index (χ0) is 10.7. The first-order valence-electron chi connectivity index (χ1n) is 1.75. The summed E-state index contributed by atoms with van der Waals surface area (Å²) in [4.78, 5) is 25.4. The molecule has 0 unspecified atom stereocenters. The molecule has 16 heteroatoms. The second kappa shape index (κ2) is 37.2. The summed E-state index contributed by atoms with van der Waals surface area (Å²) in [5.74, 6) is 0. The zero-order valence-corrected chi connectivity index (χ0v) is 8.99. The van der Waals surface area contributed by atoms with Crippen LogP contribution in [0.4, 0.5) is 0 Å². The Morgan fingerprint density at radius 3 is 0.500 bits per heavy atom. The fourth-order valence-corrected chi connectivity index (χ4v) is 0. The number of rotatable bonds is 0. The van der Waals surface area contributed by atoms with Crippen molar-refractivity contribution in [1.82, 2.24) is 0 Å². The fourth-order valence-electron chi connectivity index (χ4n) is 0. The molecule has 0 spiro atoms. The molecule has 0 atom stereocenters. The van der Waals surface area contributed by atoms with Crippen LogP contribution in [-0.2, 0) is 0 Å². The molecule has 0 aromatic heterocycles. The SMILES string of the molecule is O.O.O.O=[N+](O)O.O=[N+](O)O.O=[N+](O)O.[Ho]. The van der Waals surface area contributed by atoms with Gasteiger partial charge < -0.3 is 16.4 Å². The summed E-state index contributed by atoms with van der Waals surface area (Å²) in [7, 11) is 0. The molecule has 0 aromatic rings. The van der Waals surface area contributed by atoms with Gasteiger partial charge in [0.2, 0.25) is 0 Å². The van der Waals surface area contributed by atoms with Crippen LogP contribution in [0.1, 0.15) is 0 Å². The summed E-state index contributed by atoms with van der Waals surface area (Å²) >= 11 is 0. The average Bonchev–Trinajstić information content (AvgIpc) is 1.54. The topological polar surface area (TPSA) is 276 Å². The molecule has 0 saturated carbocycles. The van der Waals surface area contributed by atoms with Gasteiger partial charge in [0.15, 0.2) is 0 Å². The third kappa shape index (κ3) is 1110. The number of hydrogen-bond donors (Lipinski definition) is 6.